The van der Waals surface area contributed by atoms with E-state index < -0.39 is 0 Å². The van der Waals surface area contributed by atoms with Gasteiger partial charge in [-0.15, -0.1) is 6.42 Å². The largest absolute Gasteiger partial charge is 0.330 e. The number of hydrogen-bond acceptors (Lipinski definition) is 2. The molecule has 2 fully saturated rings. The molecule has 2 aliphatic heterocycles. The van der Waals surface area contributed by atoms with E-state index in [0.29, 0.717) is 26.2 Å². The molecule has 5 nitrogen and oxygen atoms in total. The lowest BCUT2D eigenvalue weighted by Crippen LogP contribution is -2.41. The molecule has 0 aromatic heterocycles. The molecule has 1 unspecified atom stereocenters. The van der Waals surface area contributed by atoms with Gasteiger partial charge in [0.2, 0.25) is 0 Å². The second-order valence-electron chi connectivity index (χ2n) is 6.22. The summed E-state index contributed by atoms with van der Waals surface area (Å²) >= 11 is 0. The van der Waals surface area contributed by atoms with E-state index in [1.54, 1.807) is 4.90 Å². The molecule has 2 aliphatic rings. The molecule has 1 aromatic rings. The van der Waals surface area contributed by atoms with E-state index in [0.717, 1.165) is 18.5 Å². The van der Waals surface area contributed by atoms with Gasteiger partial charge in [0.1, 0.15) is 0 Å². The topological polar surface area (TPSA) is 43.9 Å². The van der Waals surface area contributed by atoms with E-state index in [-0.39, 0.29) is 18.0 Å². The monoisotopic (exact) mass is 311 g/mol. The molecule has 0 bridgehead atoms. The number of aryl methyl sites for hydroxylation is 1. The minimum Gasteiger partial charge on any atom is -0.330 e. The Balaban J connectivity index is 1.61. The SMILES string of the molecule is C#CC(=O)N1CCC(N2CCN(Cc3cccc(C)c3)C2=O)C1. The van der Waals surface area contributed by atoms with E-state index in [2.05, 4.69) is 25.0 Å². The number of nitrogens with zero attached hydrogens (tertiary/aromatic N) is 3. The second kappa shape index (κ2) is 6.33. The Morgan fingerprint density at radius 2 is 2.17 bits per heavy atom. The second-order valence-corrected chi connectivity index (χ2v) is 6.22. The molecular formula is C18H21N3O2. The van der Waals surface area contributed by atoms with E-state index in [9.17, 15) is 9.59 Å². The smallest absolute Gasteiger partial charge is 0.320 e. The lowest BCUT2D eigenvalue weighted by atomic mass is 10.1. The molecule has 23 heavy (non-hydrogen) atoms. The fourth-order valence-corrected chi connectivity index (χ4v) is 3.39. The Morgan fingerprint density at radius 1 is 1.35 bits per heavy atom. The average molecular weight is 311 g/mol. The molecule has 0 N–H and O–H groups in total. The van der Waals surface area contributed by atoms with Crippen LogP contribution in [0.15, 0.2) is 24.3 Å². The maximum atomic E-state index is 12.6. The molecule has 3 amide bonds. The maximum absolute atomic E-state index is 12.6. The first kappa shape index (κ1) is 15.4. The van der Waals surface area contributed by atoms with Crippen LogP contribution < -0.4 is 0 Å². The van der Waals surface area contributed by atoms with E-state index in [1.165, 1.54) is 5.56 Å². The van der Waals surface area contributed by atoms with Crippen LogP contribution in [-0.2, 0) is 11.3 Å². The van der Waals surface area contributed by atoms with Crippen LogP contribution in [0.1, 0.15) is 17.5 Å². The summed E-state index contributed by atoms with van der Waals surface area (Å²) in [5.41, 5.74) is 2.35. The number of benzene rings is 1. The van der Waals surface area contributed by atoms with Gasteiger partial charge in [0.15, 0.2) is 0 Å². The van der Waals surface area contributed by atoms with Crippen molar-refractivity contribution in [2.45, 2.75) is 25.9 Å². The van der Waals surface area contributed by atoms with Crippen molar-refractivity contribution >= 4 is 11.9 Å². The van der Waals surface area contributed by atoms with Crippen LogP contribution in [0.3, 0.4) is 0 Å². The van der Waals surface area contributed by atoms with Gasteiger partial charge < -0.3 is 14.7 Å². The van der Waals surface area contributed by atoms with Crippen LogP contribution in [0.25, 0.3) is 0 Å². The highest BCUT2D eigenvalue weighted by Crippen LogP contribution is 2.22. The summed E-state index contributed by atoms with van der Waals surface area (Å²) < 4.78 is 0. The number of rotatable bonds is 3. The zero-order valence-electron chi connectivity index (χ0n) is 13.4. The number of terminal acetylenes is 1. The quantitative estimate of drug-likeness (QED) is 0.794. The molecule has 0 radical (unpaired) electrons. The van der Waals surface area contributed by atoms with Crippen molar-refractivity contribution in [3.8, 4) is 12.3 Å². The van der Waals surface area contributed by atoms with Crippen LogP contribution in [0.4, 0.5) is 4.79 Å². The number of amides is 3. The summed E-state index contributed by atoms with van der Waals surface area (Å²) in [5.74, 6) is 1.87. The Labute approximate surface area is 136 Å². The molecule has 120 valence electrons. The van der Waals surface area contributed by atoms with Gasteiger partial charge in [0, 0.05) is 32.7 Å². The molecule has 2 saturated heterocycles. The number of carbonyl (C=O) groups is 2. The predicted octanol–water partition coefficient (Wildman–Crippen LogP) is 1.47. The lowest BCUT2D eigenvalue weighted by Gasteiger charge is -2.24. The summed E-state index contributed by atoms with van der Waals surface area (Å²) in [6, 6.07) is 8.37. The van der Waals surface area contributed by atoms with Crippen LogP contribution in [0.2, 0.25) is 0 Å². The third-order valence-corrected chi connectivity index (χ3v) is 4.60. The molecule has 1 atom stereocenters. The van der Waals surface area contributed by atoms with Gasteiger partial charge in [-0.1, -0.05) is 29.8 Å². The summed E-state index contributed by atoms with van der Waals surface area (Å²) in [6.07, 6.45) is 5.97. The molecule has 0 aliphatic carbocycles. The van der Waals surface area contributed by atoms with E-state index in [1.807, 2.05) is 21.9 Å². The molecule has 0 spiro atoms. The Kier molecular flexibility index (Phi) is 4.24. The van der Waals surface area contributed by atoms with E-state index >= 15 is 0 Å². The van der Waals surface area contributed by atoms with Crippen molar-refractivity contribution in [3.63, 3.8) is 0 Å². The van der Waals surface area contributed by atoms with Crippen molar-refractivity contribution < 1.29 is 9.59 Å². The Bertz CT molecular complexity index is 664. The normalized spacial score (nSPS) is 21.0. The van der Waals surface area contributed by atoms with Crippen LogP contribution in [0.5, 0.6) is 0 Å². The standard InChI is InChI=1S/C18H21N3O2/c1-3-17(22)19-8-7-16(13-19)21-10-9-20(18(21)23)12-15-6-4-5-14(2)11-15/h1,4-6,11,16H,7-10,12-13H2,2H3. The molecular weight excluding hydrogens is 290 g/mol. The highest BCUT2D eigenvalue weighted by Gasteiger charge is 2.37. The third-order valence-electron chi connectivity index (χ3n) is 4.60. The fourth-order valence-electron chi connectivity index (χ4n) is 3.39. The van der Waals surface area contributed by atoms with E-state index in [4.69, 9.17) is 6.42 Å². The predicted molar refractivity (Wildman–Crippen MR) is 87.5 cm³/mol. The van der Waals surface area contributed by atoms with Gasteiger partial charge in [0.25, 0.3) is 5.91 Å². The fraction of sp³-hybridized carbons (Fsp3) is 0.444. The lowest BCUT2D eigenvalue weighted by molar-refractivity contribution is -0.124. The molecule has 2 heterocycles. The number of urea groups is 1. The zero-order valence-corrected chi connectivity index (χ0v) is 13.4. The summed E-state index contributed by atoms with van der Waals surface area (Å²) in [4.78, 5) is 29.6. The summed E-state index contributed by atoms with van der Waals surface area (Å²) in [7, 11) is 0. The average Bonchev–Trinajstić information content (AvgIpc) is 3.15. The van der Waals surface area contributed by atoms with Crippen molar-refractivity contribution in [2.24, 2.45) is 0 Å². The Hall–Kier alpha value is -2.48. The molecule has 3 rings (SSSR count). The van der Waals surface area contributed by atoms with Gasteiger partial charge >= 0.3 is 6.03 Å². The van der Waals surface area contributed by atoms with Gasteiger partial charge in [0.05, 0.1) is 6.04 Å². The Morgan fingerprint density at radius 3 is 2.91 bits per heavy atom. The van der Waals surface area contributed by atoms with Crippen molar-refractivity contribution in [1.29, 1.82) is 0 Å². The van der Waals surface area contributed by atoms with Gasteiger partial charge in [-0.05, 0) is 24.8 Å². The number of hydrogen-bond donors (Lipinski definition) is 0. The first-order chi connectivity index (χ1) is 11.1. The molecule has 0 saturated carbocycles. The minimum atomic E-state index is -0.282. The van der Waals surface area contributed by atoms with Crippen LogP contribution in [0, 0.1) is 19.3 Å². The first-order valence-corrected chi connectivity index (χ1v) is 7.95. The van der Waals surface area contributed by atoms with Crippen LogP contribution >= 0.6 is 0 Å². The van der Waals surface area contributed by atoms with Gasteiger partial charge in [-0.25, -0.2) is 4.79 Å². The number of carbonyl (C=O) groups excluding carboxylic acids is 2. The van der Waals surface area contributed by atoms with Crippen molar-refractivity contribution in [2.75, 3.05) is 26.2 Å². The third kappa shape index (κ3) is 3.16. The van der Waals surface area contributed by atoms with Crippen molar-refractivity contribution in [3.05, 3.63) is 35.4 Å². The van der Waals surface area contributed by atoms with Gasteiger partial charge in [-0.3, -0.25) is 4.79 Å². The molecule has 5 heteroatoms. The highest BCUT2D eigenvalue weighted by molar-refractivity contribution is 5.93. The molecule has 1 aromatic carbocycles. The number of likely N-dealkylation sites (tertiary alicyclic amines) is 1. The maximum Gasteiger partial charge on any atom is 0.320 e. The summed E-state index contributed by atoms with van der Waals surface area (Å²) in [5, 5.41) is 0. The van der Waals surface area contributed by atoms with Crippen molar-refractivity contribution in [1.82, 2.24) is 14.7 Å². The zero-order chi connectivity index (χ0) is 16.4. The summed E-state index contributed by atoms with van der Waals surface area (Å²) in [6.45, 7) is 5.32. The van der Waals surface area contributed by atoms with Crippen LogP contribution in [-0.4, -0.2) is 58.9 Å². The first-order valence-electron chi connectivity index (χ1n) is 7.95. The highest BCUT2D eigenvalue weighted by atomic mass is 16.2. The van der Waals surface area contributed by atoms with Gasteiger partial charge in [-0.2, -0.15) is 0 Å². The minimum absolute atomic E-state index is 0.0616.